The maximum Gasteiger partial charge on any atom is 0.148 e. The average molecular weight is 248 g/mol. The van der Waals surface area contributed by atoms with Gasteiger partial charge in [0.1, 0.15) is 9.84 Å². The van der Waals surface area contributed by atoms with Crippen molar-refractivity contribution in [2.45, 2.75) is 31.7 Å². The van der Waals surface area contributed by atoms with Crippen molar-refractivity contribution in [3.8, 4) is 0 Å². The predicted molar refractivity (Wildman–Crippen MR) is 67.1 cm³/mol. The van der Waals surface area contributed by atoms with E-state index in [1.807, 2.05) is 7.05 Å². The predicted octanol–water partition coefficient (Wildman–Crippen LogP) is 0.480. The number of sulfone groups is 1. The summed E-state index contributed by atoms with van der Waals surface area (Å²) >= 11 is 0. The van der Waals surface area contributed by atoms with Gasteiger partial charge in [0.25, 0.3) is 0 Å². The second-order valence-electron chi connectivity index (χ2n) is 4.96. The fraction of sp³-hybridized carbons (Fsp3) is 1.00. The molecule has 0 bridgehead atoms. The lowest BCUT2D eigenvalue weighted by atomic mass is 9.97. The molecule has 4 nitrogen and oxygen atoms in total. The maximum absolute atomic E-state index is 11.1. The Labute approximate surface area is 99.1 Å². The summed E-state index contributed by atoms with van der Waals surface area (Å²) in [5, 5.41) is 0. The van der Waals surface area contributed by atoms with E-state index in [0.717, 1.165) is 0 Å². The van der Waals surface area contributed by atoms with Crippen molar-refractivity contribution in [1.82, 2.24) is 4.90 Å². The molecule has 0 aliphatic heterocycles. The first-order valence-corrected chi connectivity index (χ1v) is 8.08. The van der Waals surface area contributed by atoms with Crippen LogP contribution >= 0.6 is 0 Å². The second kappa shape index (κ2) is 5.98. The number of hydrogen-bond acceptors (Lipinski definition) is 4. The van der Waals surface area contributed by atoms with E-state index in [2.05, 4.69) is 4.90 Å². The van der Waals surface area contributed by atoms with E-state index >= 15 is 0 Å². The quantitative estimate of drug-likeness (QED) is 0.742. The van der Waals surface area contributed by atoms with Crippen LogP contribution in [-0.2, 0) is 9.84 Å². The fourth-order valence-electron chi connectivity index (χ4n) is 2.55. The van der Waals surface area contributed by atoms with E-state index in [1.165, 1.54) is 31.9 Å². The molecule has 0 aromatic rings. The maximum atomic E-state index is 11.1. The number of nitrogens with two attached hydrogens (primary N) is 1. The lowest BCUT2D eigenvalue weighted by molar-refractivity contribution is 0.190. The van der Waals surface area contributed by atoms with Crippen molar-refractivity contribution in [1.29, 1.82) is 0 Å². The molecule has 0 aromatic carbocycles. The highest BCUT2D eigenvalue weighted by Crippen LogP contribution is 2.29. The first-order valence-electron chi connectivity index (χ1n) is 6.02. The second-order valence-corrected chi connectivity index (χ2v) is 7.22. The lowest BCUT2D eigenvalue weighted by Gasteiger charge is -2.31. The zero-order valence-electron chi connectivity index (χ0n) is 10.4. The first-order chi connectivity index (χ1) is 7.44. The number of nitrogens with zero attached hydrogens (tertiary/aromatic N) is 1. The summed E-state index contributed by atoms with van der Waals surface area (Å²) in [4.78, 5) is 2.12. The standard InChI is InChI=1S/C11H24N2O2S/c1-13(7-8-16(2,14)15)11(9-12)10-5-3-4-6-10/h10-11H,3-9,12H2,1-2H3. The van der Waals surface area contributed by atoms with Crippen LogP contribution < -0.4 is 5.73 Å². The van der Waals surface area contributed by atoms with Crippen molar-refractivity contribution >= 4 is 9.84 Å². The molecule has 1 saturated carbocycles. The van der Waals surface area contributed by atoms with E-state index in [1.54, 1.807) is 0 Å². The SMILES string of the molecule is CN(CCS(C)(=O)=O)C(CN)C1CCCC1. The summed E-state index contributed by atoms with van der Waals surface area (Å²) in [7, 11) is -0.880. The summed E-state index contributed by atoms with van der Waals surface area (Å²) in [5.74, 6) is 0.891. The van der Waals surface area contributed by atoms with E-state index in [0.29, 0.717) is 25.0 Å². The molecule has 96 valence electrons. The highest BCUT2D eigenvalue weighted by molar-refractivity contribution is 7.90. The zero-order valence-corrected chi connectivity index (χ0v) is 11.2. The van der Waals surface area contributed by atoms with Crippen LogP contribution in [0.2, 0.25) is 0 Å². The van der Waals surface area contributed by atoms with Gasteiger partial charge in [-0.2, -0.15) is 0 Å². The molecule has 0 heterocycles. The molecule has 0 aromatic heterocycles. The van der Waals surface area contributed by atoms with Crippen LogP contribution in [-0.4, -0.2) is 51.5 Å². The van der Waals surface area contributed by atoms with E-state index in [4.69, 9.17) is 5.73 Å². The zero-order chi connectivity index (χ0) is 12.2. The van der Waals surface area contributed by atoms with Gasteiger partial charge in [0.15, 0.2) is 0 Å². The van der Waals surface area contributed by atoms with Gasteiger partial charge in [-0.3, -0.25) is 0 Å². The van der Waals surface area contributed by atoms with E-state index in [-0.39, 0.29) is 5.75 Å². The van der Waals surface area contributed by atoms with Gasteiger partial charge in [0.2, 0.25) is 0 Å². The Bertz CT molecular complexity index is 297. The van der Waals surface area contributed by atoms with Gasteiger partial charge in [-0.1, -0.05) is 12.8 Å². The molecule has 2 N–H and O–H groups in total. The third-order valence-electron chi connectivity index (χ3n) is 3.57. The van der Waals surface area contributed by atoms with Crippen LogP contribution in [0, 0.1) is 5.92 Å². The molecular formula is C11H24N2O2S. The molecule has 5 heteroatoms. The van der Waals surface area contributed by atoms with Crippen LogP contribution in [0.1, 0.15) is 25.7 Å². The topological polar surface area (TPSA) is 63.4 Å². The Morgan fingerprint density at radius 2 is 1.94 bits per heavy atom. The van der Waals surface area contributed by atoms with Gasteiger partial charge in [-0.25, -0.2) is 8.42 Å². The molecule has 1 fully saturated rings. The molecule has 1 rings (SSSR count). The minimum Gasteiger partial charge on any atom is -0.329 e. The molecule has 16 heavy (non-hydrogen) atoms. The van der Waals surface area contributed by atoms with Gasteiger partial charge in [-0.05, 0) is 25.8 Å². The summed E-state index contributed by atoms with van der Waals surface area (Å²) in [6, 6.07) is 0.351. The average Bonchev–Trinajstić information content (AvgIpc) is 2.68. The molecule has 1 unspecified atom stereocenters. The van der Waals surface area contributed by atoms with Crippen molar-refractivity contribution in [3.05, 3.63) is 0 Å². The highest BCUT2D eigenvalue weighted by atomic mass is 32.2. The largest absolute Gasteiger partial charge is 0.329 e. The third kappa shape index (κ3) is 4.39. The molecular weight excluding hydrogens is 224 g/mol. The number of hydrogen-bond donors (Lipinski definition) is 1. The Morgan fingerprint density at radius 1 is 1.38 bits per heavy atom. The van der Waals surface area contributed by atoms with Crippen molar-refractivity contribution in [2.24, 2.45) is 11.7 Å². The normalized spacial score (nSPS) is 20.5. The Morgan fingerprint density at radius 3 is 2.38 bits per heavy atom. The molecule has 1 aliphatic rings. The van der Waals surface area contributed by atoms with E-state index in [9.17, 15) is 8.42 Å². The van der Waals surface area contributed by atoms with Crippen LogP contribution in [0.3, 0.4) is 0 Å². The van der Waals surface area contributed by atoms with Gasteiger partial charge < -0.3 is 10.6 Å². The minimum absolute atomic E-state index is 0.229. The Kier molecular flexibility index (Phi) is 5.21. The molecule has 0 radical (unpaired) electrons. The van der Waals surface area contributed by atoms with Crippen LogP contribution in [0.25, 0.3) is 0 Å². The third-order valence-corrected chi connectivity index (χ3v) is 4.49. The van der Waals surface area contributed by atoms with Gasteiger partial charge in [0.05, 0.1) is 5.75 Å². The molecule has 0 spiro atoms. The number of likely N-dealkylation sites (N-methyl/N-ethyl adjacent to an activating group) is 1. The van der Waals surface area contributed by atoms with Crippen LogP contribution in [0.15, 0.2) is 0 Å². The molecule has 0 saturated heterocycles. The van der Waals surface area contributed by atoms with Crippen LogP contribution in [0.4, 0.5) is 0 Å². The van der Waals surface area contributed by atoms with Gasteiger partial charge in [-0.15, -0.1) is 0 Å². The summed E-state index contributed by atoms with van der Waals surface area (Å²) in [5.41, 5.74) is 5.80. The first kappa shape index (κ1) is 13.9. The summed E-state index contributed by atoms with van der Waals surface area (Å²) < 4.78 is 22.2. The van der Waals surface area contributed by atoms with Crippen molar-refractivity contribution < 1.29 is 8.42 Å². The Hall–Kier alpha value is -0.130. The highest BCUT2D eigenvalue weighted by Gasteiger charge is 2.27. The molecule has 0 amide bonds. The van der Waals surface area contributed by atoms with Crippen molar-refractivity contribution in [2.75, 3.05) is 32.1 Å². The lowest BCUT2D eigenvalue weighted by Crippen LogP contribution is -2.44. The van der Waals surface area contributed by atoms with Crippen LogP contribution in [0.5, 0.6) is 0 Å². The minimum atomic E-state index is -2.87. The summed E-state index contributed by atoms with van der Waals surface area (Å²) in [6.07, 6.45) is 6.35. The van der Waals surface area contributed by atoms with Crippen molar-refractivity contribution in [3.63, 3.8) is 0 Å². The molecule has 1 atom stereocenters. The monoisotopic (exact) mass is 248 g/mol. The number of rotatable bonds is 6. The smallest absolute Gasteiger partial charge is 0.148 e. The van der Waals surface area contributed by atoms with Gasteiger partial charge in [0, 0.05) is 25.4 Å². The Balaban J connectivity index is 2.45. The molecule has 1 aliphatic carbocycles. The fourth-order valence-corrected chi connectivity index (χ4v) is 3.17. The van der Waals surface area contributed by atoms with Gasteiger partial charge >= 0.3 is 0 Å². The van der Waals surface area contributed by atoms with E-state index < -0.39 is 9.84 Å². The summed E-state index contributed by atoms with van der Waals surface area (Å²) in [6.45, 7) is 1.22.